The van der Waals surface area contributed by atoms with Gasteiger partial charge in [0.15, 0.2) is 0 Å². The van der Waals surface area contributed by atoms with Crippen LogP contribution in [0, 0.1) is 23.7 Å². The Hall–Kier alpha value is -1.76. The Bertz CT molecular complexity index is 1040. The number of likely N-dealkylation sites (N-methyl/N-ethyl adjacent to an activating group) is 1. The quantitative estimate of drug-likeness (QED) is 0.185. The first-order valence-electron chi connectivity index (χ1n) is 17.8. The molecule has 260 valence electrons. The lowest BCUT2D eigenvalue weighted by atomic mass is 9.79. The Morgan fingerprint density at radius 1 is 0.822 bits per heavy atom. The van der Waals surface area contributed by atoms with Crippen LogP contribution in [0.3, 0.4) is 0 Å². The van der Waals surface area contributed by atoms with Gasteiger partial charge >= 0.3 is 0 Å². The summed E-state index contributed by atoms with van der Waals surface area (Å²) in [6.07, 6.45) is 12.2. The van der Waals surface area contributed by atoms with Crippen LogP contribution in [0.5, 0.6) is 0 Å². The fraction of sp³-hybridized carbons (Fsp3) is 0.909. The number of hydrogen-bond acceptors (Lipinski definition) is 7. The van der Waals surface area contributed by atoms with Crippen LogP contribution < -0.4 is 15.9 Å². The number of hydrogen-bond donors (Lipinski definition) is 4. The molecule has 5 N–H and O–H groups in total. The lowest BCUT2D eigenvalue weighted by Crippen LogP contribution is -2.55. The van der Waals surface area contributed by atoms with E-state index in [0.29, 0.717) is 32.0 Å². The fourth-order valence-electron chi connectivity index (χ4n) is 7.69. The van der Waals surface area contributed by atoms with Crippen molar-refractivity contribution >= 4 is 27.7 Å². The van der Waals surface area contributed by atoms with Crippen LogP contribution in [0.15, 0.2) is 0 Å². The summed E-state index contributed by atoms with van der Waals surface area (Å²) < 4.78 is 25.1. The highest BCUT2D eigenvalue weighted by Gasteiger charge is 2.42. The summed E-state index contributed by atoms with van der Waals surface area (Å²) in [7, 11) is -3.96. The molecule has 0 saturated heterocycles. The molecule has 0 aromatic heterocycles. The zero-order valence-corrected chi connectivity index (χ0v) is 28.9. The van der Waals surface area contributed by atoms with Gasteiger partial charge in [0.25, 0.3) is 0 Å². The predicted molar refractivity (Wildman–Crippen MR) is 176 cm³/mol. The first-order valence-corrected chi connectivity index (χ1v) is 19.4. The highest BCUT2D eigenvalue weighted by atomic mass is 32.2. The molecular weight excluding hydrogens is 594 g/mol. The molecule has 0 heterocycles. The molecule has 0 spiro atoms. The van der Waals surface area contributed by atoms with Gasteiger partial charge in [-0.25, -0.2) is 18.6 Å². The van der Waals surface area contributed by atoms with E-state index >= 15 is 0 Å². The highest BCUT2D eigenvalue weighted by Crippen LogP contribution is 2.35. The van der Waals surface area contributed by atoms with E-state index in [4.69, 9.17) is 5.14 Å². The molecular formula is C33H61N5O6S. The molecule has 3 fully saturated rings. The number of carbonyl (C=O) groups excluding carboxylic acids is 3. The minimum absolute atomic E-state index is 0.0104. The van der Waals surface area contributed by atoms with E-state index in [1.54, 1.807) is 9.91 Å². The lowest BCUT2D eigenvalue weighted by Gasteiger charge is -2.37. The number of aliphatic hydroxyl groups excluding tert-OH is 1. The van der Waals surface area contributed by atoms with Gasteiger partial charge in [-0.2, -0.15) is 0 Å². The molecule has 3 aliphatic rings. The Morgan fingerprint density at radius 2 is 1.40 bits per heavy atom. The molecule has 3 saturated carbocycles. The van der Waals surface area contributed by atoms with E-state index in [2.05, 4.69) is 10.7 Å². The van der Waals surface area contributed by atoms with Crippen LogP contribution in [0.2, 0.25) is 0 Å². The maximum atomic E-state index is 13.9. The monoisotopic (exact) mass is 655 g/mol. The average Bonchev–Trinajstić information content (AvgIpc) is 3.03. The van der Waals surface area contributed by atoms with Crippen LogP contribution in [0.25, 0.3) is 0 Å². The summed E-state index contributed by atoms with van der Waals surface area (Å²) >= 11 is 0. The lowest BCUT2D eigenvalue weighted by molar-refractivity contribution is -0.139. The average molecular weight is 656 g/mol. The Labute approximate surface area is 271 Å². The summed E-state index contributed by atoms with van der Waals surface area (Å²) in [6, 6.07) is -0.568. The zero-order chi connectivity index (χ0) is 33.0. The van der Waals surface area contributed by atoms with Gasteiger partial charge in [-0.05, 0) is 57.3 Å². The second-order valence-corrected chi connectivity index (χ2v) is 15.8. The van der Waals surface area contributed by atoms with Crippen molar-refractivity contribution in [3.63, 3.8) is 0 Å². The number of sulfonamides is 1. The molecule has 12 heteroatoms. The number of nitrogens with zero attached hydrogens (tertiary/aromatic N) is 2. The van der Waals surface area contributed by atoms with Crippen LogP contribution >= 0.6 is 0 Å². The number of rotatable bonds is 16. The van der Waals surface area contributed by atoms with Crippen molar-refractivity contribution in [1.82, 2.24) is 20.7 Å². The smallest absolute Gasteiger partial charge is 0.237 e. The molecule has 3 amide bonds. The van der Waals surface area contributed by atoms with E-state index in [0.717, 1.165) is 70.6 Å². The van der Waals surface area contributed by atoms with E-state index in [1.807, 2.05) is 20.8 Å². The molecule has 5 atom stereocenters. The maximum Gasteiger partial charge on any atom is 0.237 e. The number of hydrazine groups is 1. The van der Waals surface area contributed by atoms with Gasteiger partial charge in [-0.15, -0.1) is 0 Å². The van der Waals surface area contributed by atoms with Crippen LogP contribution in [0.1, 0.15) is 124 Å². The first-order chi connectivity index (χ1) is 21.5. The summed E-state index contributed by atoms with van der Waals surface area (Å²) in [5.74, 6) is -1.44. The van der Waals surface area contributed by atoms with Crippen molar-refractivity contribution in [3.05, 3.63) is 0 Å². The van der Waals surface area contributed by atoms with Crippen molar-refractivity contribution in [2.24, 2.45) is 28.8 Å². The van der Waals surface area contributed by atoms with E-state index in [9.17, 15) is 27.9 Å². The number of aliphatic hydroxyl groups is 1. The molecule has 45 heavy (non-hydrogen) atoms. The summed E-state index contributed by atoms with van der Waals surface area (Å²) in [6.45, 7) is 7.77. The summed E-state index contributed by atoms with van der Waals surface area (Å²) in [5, 5.41) is 21.0. The van der Waals surface area contributed by atoms with Crippen molar-refractivity contribution in [2.75, 3.05) is 26.2 Å². The van der Waals surface area contributed by atoms with E-state index in [1.165, 1.54) is 6.42 Å². The number of nitrogens with one attached hydrogen (secondary N) is 2. The molecule has 0 radical (unpaired) electrons. The standard InChI is InChI=1S/C33H61N5O6S/c1-4-17-37(18-5-2)33(42)27-20-26(21-28(22-27)45(34,43)44)31(40)35-29(19-24-13-9-7-10-14-24)30(39)23-38(6-3)36-32(41)25-15-11-8-12-16-25/h24-30,39H,4-23H2,1-3H3,(H,35,40)(H,36,41)(H2,34,43,44). The van der Waals surface area contributed by atoms with Crippen LogP contribution in [-0.2, 0) is 24.4 Å². The number of amides is 3. The van der Waals surface area contributed by atoms with E-state index in [-0.39, 0.29) is 49.4 Å². The second kappa shape index (κ2) is 18.5. The third kappa shape index (κ3) is 11.8. The Balaban J connectivity index is 1.75. The van der Waals surface area contributed by atoms with Gasteiger partial charge in [0.2, 0.25) is 27.7 Å². The molecule has 0 bridgehead atoms. The van der Waals surface area contributed by atoms with Gasteiger partial charge < -0.3 is 15.3 Å². The van der Waals surface area contributed by atoms with E-state index < -0.39 is 39.3 Å². The van der Waals surface area contributed by atoms with Gasteiger partial charge in [-0.3, -0.25) is 19.8 Å². The molecule has 0 aliphatic heterocycles. The highest BCUT2D eigenvalue weighted by molar-refractivity contribution is 7.89. The summed E-state index contributed by atoms with van der Waals surface area (Å²) in [5.41, 5.74) is 3.01. The minimum Gasteiger partial charge on any atom is -0.390 e. The summed E-state index contributed by atoms with van der Waals surface area (Å²) in [4.78, 5) is 42.2. The SMILES string of the molecule is CCCN(CCC)C(=O)C1CC(C(=O)NC(CC2CCCCC2)C(O)CN(CC)NC(=O)C2CCCCC2)CC(S(N)(=O)=O)C1. The number of carbonyl (C=O) groups is 3. The van der Waals surface area contributed by atoms with Crippen molar-refractivity contribution in [1.29, 1.82) is 0 Å². The second-order valence-electron chi connectivity index (χ2n) is 13.9. The zero-order valence-electron chi connectivity index (χ0n) is 28.1. The van der Waals surface area contributed by atoms with Crippen LogP contribution in [0.4, 0.5) is 0 Å². The molecule has 3 rings (SSSR count). The van der Waals surface area contributed by atoms with Gasteiger partial charge in [0, 0.05) is 43.9 Å². The number of nitrogens with two attached hydrogens (primary N) is 1. The van der Waals surface area contributed by atoms with Gasteiger partial charge in [-0.1, -0.05) is 72.1 Å². The third-order valence-corrected chi connectivity index (χ3v) is 11.6. The third-order valence-electron chi connectivity index (χ3n) is 10.3. The predicted octanol–water partition coefficient (Wildman–Crippen LogP) is 3.46. The molecule has 11 nitrogen and oxygen atoms in total. The minimum atomic E-state index is -3.96. The largest absolute Gasteiger partial charge is 0.390 e. The van der Waals surface area contributed by atoms with Crippen molar-refractivity contribution in [3.8, 4) is 0 Å². The van der Waals surface area contributed by atoms with Crippen LogP contribution in [-0.4, -0.2) is 84.7 Å². The Morgan fingerprint density at radius 3 is 1.96 bits per heavy atom. The Kier molecular flexibility index (Phi) is 15.5. The molecule has 0 aromatic rings. The molecule has 3 aliphatic carbocycles. The normalized spacial score (nSPS) is 25.0. The van der Waals surface area contributed by atoms with Crippen molar-refractivity contribution < 1.29 is 27.9 Å². The topological polar surface area (TPSA) is 162 Å². The molecule has 0 aromatic carbocycles. The first kappa shape index (κ1) is 37.7. The maximum absolute atomic E-state index is 13.9. The van der Waals surface area contributed by atoms with Gasteiger partial charge in [0.1, 0.15) is 0 Å². The molecule has 5 unspecified atom stereocenters. The van der Waals surface area contributed by atoms with Crippen molar-refractivity contribution in [2.45, 2.75) is 141 Å². The number of primary sulfonamides is 1. The fourth-order valence-corrected chi connectivity index (χ4v) is 8.70. The van der Waals surface area contributed by atoms with Gasteiger partial charge in [0.05, 0.1) is 17.4 Å².